The SMILES string of the molecule is CN(C)c1ccc(C(O)CNC(=O)C2(c3cccs3)CC2)cc1. The van der Waals surface area contributed by atoms with Crippen LogP contribution < -0.4 is 10.2 Å². The zero-order chi connectivity index (χ0) is 16.4. The van der Waals surface area contributed by atoms with E-state index < -0.39 is 6.10 Å². The third-order valence-corrected chi connectivity index (χ3v) is 5.50. The average Bonchev–Trinajstić information content (AvgIpc) is 3.19. The van der Waals surface area contributed by atoms with Crippen molar-refractivity contribution in [2.75, 3.05) is 25.5 Å². The molecule has 1 aliphatic rings. The van der Waals surface area contributed by atoms with Gasteiger partial charge in [-0.25, -0.2) is 0 Å². The summed E-state index contributed by atoms with van der Waals surface area (Å²) in [5.41, 5.74) is 1.55. The maximum Gasteiger partial charge on any atom is 0.231 e. The number of nitrogens with zero attached hydrogens (tertiary/aromatic N) is 1. The highest BCUT2D eigenvalue weighted by molar-refractivity contribution is 7.10. The summed E-state index contributed by atoms with van der Waals surface area (Å²) in [4.78, 5) is 15.6. The number of hydrogen-bond acceptors (Lipinski definition) is 4. The molecule has 0 radical (unpaired) electrons. The van der Waals surface area contributed by atoms with E-state index in [0.29, 0.717) is 0 Å². The van der Waals surface area contributed by atoms with Gasteiger partial charge < -0.3 is 15.3 Å². The first kappa shape index (κ1) is 16.0. The van der Waals surface area contributed by atoms with Crippen LogP contribution in [0.25, 0.3) is 0 Å². The van der Waals surface area contributed by atoms with Crippen LogP contribution in [0, 0.1) is 0 Å². The Balaban J connectivity index is 1.59. The number of amides is 1. The molecule has 0 bridgehead atoms. The second-order valence-electron chi connectivity index (χ2n) is 6.27. The molecule has 1 fully saturated rings. The van der Waals surface area contributed by atoms with Gasteiger partial charge in [0.15, 0.2) is 0 Å². The highest BCUT2D eigenvalue weighted by Gasteiger charge is 2.51. The molecule has 0 saturated heterocycles. The van der Waals surface area contributed by atoms with Gasteiger partial charge in [0, 0.05) is 31.2 Å². The predicted molar refractivity (Wildman–Crippen MR) is 94.0 cm³/mol. The summed E-state index contributed by atoms with van der Waals surface area (Å²) in [6.45, 7) is 0.243. The second-order valence-corrected chi connectivity index (χ2v) is 7.22. The first-order valence-electron chi connectivity index (χ1n) is 7.80. The highest BCUT2D eigenvalue weighted by Crippen LogP contribution is 2.50. The van der Waals surface area contributed by atoms with Crippen molar-refractivity contribution < 1.29 is 9.90 Å². The van der Waals surface area contributed by atoms with Gasteiger partial charge in [0.25, 0.3) is 0 Å². The van der Waals surface area contributed by atoms with Crippen LogP contribution in [0.3, 0.4) is 0 Å². The quantitative estimate of drug-likeness (QED) is 0.856. The van der Waals surface area contributed by atoms with Crippen molar-refractivity contribution in [2.24, 2.45) is 0 Å². The highest BCUT2D eigenvalue weighted by atomic mass is 32.1. The normalized spacial score (nSPS) is 16.7. The van der Waals surface area contributed by atoms with Crippen molar-refractivity contribution in [3.8, 4) is 0 Å². The fourth-order valence-electron chi connectivity index (χ4n) is 2.73. The van der Waals surface area contributed by atoms with Gasteiger partial charge in [-0.3, -0.25) is 4.79 Å². The van der Waals surface area contributed by atoms with Gasteiger partial charge in [-0.05, 0) is 42.0 Å². The Morgan fingerprint density at radius 1 is 1.30 bits per heavy atom. The lowest BCUT2D eigenvalue weighted by molar-refractivity contribution is -0.124. The molecule has 1 saturated carbocycles. The first-order valence-corrected chi connectivity index (χ1v) is 8.68. The summed E-state index contributed by atoms with van der Waals surface area (Å²) in [5.74, 6) is 0.0314. The molecule has 23 heavy (non-hydrogen) atoms. The lowest BCUT2D eigenvalue weighted by Crippen LogP contribution is -2.36. The minimum Gasteiger partial charge on any atom is -0.387 e. The Labute approximate surface area is 140 Å². The molecule has 1 atom stereocenters. The predicted octanol–water partition coefficient (Wildman–Crippen LogP) is 2.70. The minimum absolute atomic E-state index is 0.0314. The van der Waals surface area contributed by atoms with E-state index in [1.165, 1.54) is 0 Å². The van der Waals surface area contributed by atoms with Crippen LogP contribution in [0.5, 0.6) is 0 Å². The number of aliphatic hydroxyl groups is 1. The molecule has 122 valence electrons. The largest absolute Gasteiger partial charge is 0.387 e. The number of carbonyl (C=O) groups is 1. The van der Waals surface area contributed by atoms with Crippen LogP contribution >= 0.6 is 11.3 Å². The zero-order valence-electron chi connectivity index (χ0n) is 13.5. The van der Waals surface area contributed by atoms with Gasteiger partial charge in [-0.15, -0.1) is 11.3 Å². The average molecular weight is 330 g/mol. The molecule has 2 aromatic rings. The van der Waals surface area contributed by atoms with Crippen LogP contribution in [0.2, 0.25) is 0 Å². The molecule has 1 unspecified atom stereocenters. The summed E-state index contributed by atoms with van der Waals surface area (Å²) < 4.78 is 0. The fourth-order valence-corrected chi connectivity index (χ4v) is 3.72. The number of aliphatic hydroxyl groups excluding tert-OH is 1. The van der Waals surface area contributed by atoms with Crippen molar-refractivity contribution in [3.05, 3.63) is 52.2 Å². The van der Waals surface area contributed by atoms with Gasteiger partial charge in [0.05, 0.1) is 11.5 Å². The molecule has 4 nitrogen and oxygen atoms in total. The molecule has 0 aliphatic heterocycles. The maximum absolute atomic E-state index is 12.5. The van der Waals surface area contributed by atoms with E-state index in [-0.39, 0.29) is 17.9 Å². The molecule has 1 aromatic carbocycles. The molecule has 2 N–H and O–H groups in total. The molecule has 0 spiro atoms. The molecular formula is C18H22N2O2S. The Kier molecular flexibility index (Phi) is 4.41. The minimum atomic E-state index is -0.686. The molecule has 1 heterocycles. The van der Waals surface area contributed by atoms with Gasteiger partial charge in [-0.1, -0.05) is 18.2 Å². The zero-order valence-corrected chi connectivity index (χ0v) is 14.3. The molecule has 1 amide bonds. The van der Waals surface area contributed by atoms with Crippen LogP contribution in [0.1, 0.15) is 29.4 Å². The summed E-state index contributed by atoms with van der Waals surface area (Å²) in [5, 5.41) is 15.2. The van der Waals surface area contributed by atoms with E-state index in [4.69, 9.17) is 0 Å². The van der Waals surface area contributed by atoms with Crippen LogP contribution in [-0.4, -0.2) is 31.7 Å². The van der Waals surface area contributed by atoms with Crippen molar-refractivity contribution in [1.29, 1.82) is 0 Å². The fraction of sp³-hybridized carbons (Fsp3) is 0.389. The lowest BCUT2D eigenvalue weighted by Gasteiger charge is -2.18. The Hall–Kier alpha value is -1.85. The topological polar surface area (TPSA) is 52.6 Å². The standard InChI is InChI=1S/C18H22N2O2S/c1-20(2)14-7-5-13(6-8-14)15(21)12-19-17(22)18(9-10-18)16-4-3-11-23-16/h3-8,11,15,21H,9-10,12H2,1-2H3,(H,19,22). The van der Waals surface area contributed by atoms with Gasteiger partial charge in [0.1, 0.15) is 0 Å². The number of carbonyl (C=O) groups excluding carboxylic acids is 1. The number of nitrogens with one attached hydrogen (secondary N) is 1. The van der Waals surface area contributed by atoms with E-state index in [9.17, 15) is 9.90 Å². The molecule has 5 heteroatoms. The Morgan fingerprint density at radius 3 is 2.52 bits per heavy atom. The molecular weight excluding hydrogens is 308 g/mol. The van der Waals surface area contributed by atoms with Crippen LogP contribution in [0.15, 0.2) is 41.8 Å². The van der Waals surface area contributed by atoms with E-state index in [0.717, 1.165) is 29.0 Å². The van der Waals surface area contributed by atoms with Crippen molar-refractivity contribution in [1.82, 2.24) is 5.32 Å². The van der Waals surface area contributed by atoms with Crippen molar-refractivity contribution >= 4 is 22.9 Å². The van der Waals surface area contributed by atoms with Crippen LogP contribution in [-0.2, 0) is 10.2 Å². The number of benzene rings is 1. The number of hydrogen-bond donors (Lipinski definition) is 2. The lowest BCUT2D eigenvalue weighted by atomic mass is 10.0. The smallest absolute Gasteiger partial charge is 0.231 e. The summed E-state index contributed by atoms with van der Waals surface area (Å²) in [6, 6.07) is 11.7. The van der Waals surface area contributed by atoms with E-state index in [2.05, 4.69) is 5.32 Å². The van der Waals surface area contributed by atoms with Crippen LogP contribution in [0.4, 0.5) is 5.69 Å². The van der Waals surface area contributed by atoms with Gasteiger partial charge in [-0.2, -0.15) is 0 Å². The maximum atomic E-state index is 12.5. The number of anilines is 1. The van der Waals surface area contributed by atoms with E-state index in [1.54, 1.807) is 11.3 Å². The van der Waals surface area contributed by atoms with Crippen molar-refractivity contribution in [2.45, 2.75) is 24.4 Å². The second kappa shape index (κ2) is 6.34. The summed E-state index contributed by atoms with van der Waals surface area (Å²) >= 11 is 1.63. The number of rotatable bonds is 6. The Bertz CT molecular complexity index is 661. The number of thiophene rings is 1. The van der Waals surface area contributed by atoms with E-state index in [1.807, 2.05) is 60.8 Å². The van der Waals surface area contributed by atoms with Gasteiger partial charge >= 0.3 is 0 Å². The first-order chi connectivity index (χ1) is 11.0. The van der Waals surface area contributed by atoms with E-state index >= 15 is 0 Å². The monoisotopic (exact) mass is 330 g/mol. The summed E-state index contributed by atoms with van der Waals surface area (Å²) in [6.07, 6.45) is 1.11. The molecule has 1 aromatic heterocycles. The third-order valence-electron chi connectivity index (χ3n) is 4.43. The third kappa shape index (κ3) is 3.26. The molecule has 3 rings (SSSR count). The van der Waals surface area contributed by atoms with Gasteiger partial charge in [0.2, 0.25) is 5.91 Å². The van der Waals surface area contributed by atoms with Crippen molar-refractivity contribution in [3.63, 3.8) is 0 Å². The summed E-state index contributed by atoms with van der Waals surface area (Å²) in [7, 11) is 3.95. The Morgan fingerprint density at radius 2 is 2.00 bits per heavy atom. The molecule has 1 aliphatic carbocycles.